The van der Waals surface area contributed by atoms with Crippen molar-refractivity contribution in [2.45, 2.75) is 53.9 Å². The Morgan fingerprint density at radius 2 is 1.85 bits per heavy atom. The average molecular weight is 253 g/mol. The van der Waals surface area contributed by atoms with Gasteiger partial charge in [0.1, 0.15) is 0 Å². The first-order chi connectivity index (χ1) is 5.41. The largest absolute Gasteiger partial charge is 1.00 e. The Morgan fingerprint density at radius 3 is 2.15 bits per heavy atom. The van der Waals surface area contributed by atoms with E-state index >= 15 is 0 Å². The van der Waals surface area contributed by atoms with Crippen LogP contribution in [0.15, 0.2) is 12.2 Å². The van der Waals surface area contributed by atoms with Crippen molar-refractivity contribution >= 4 is 0 Å². The van der Waals surface area contributed by atoms with Gasteiger partial charge in [-0.3, -0.25) is 0 Å². The van der Waals surface area contributed by atoms with E-state index in [9.17, 15) is 0 Å². The monoisotopic (exact) mass is 252 g/mol. The van der Waals surface area contributed by atoms with Crippen LogP contribution in [0, 0.1) is 11.3 Å². The molecule has 0 radical (unpaired) electrons. The second-order valence-corrected chi connectivity index (χ2v) is 4.39. The van der Waals surface area contributed by atoms with Gasteiger partial charge in [0.15, 0.2) is 0 Å². The predicted octanol–water partition coefficient (Wildman–Crippen LogP) is 1.38. The van der Waals surface area contributed by atoms with Crippen molar-refractivity contribution in [3.63, 3.8) is 0 Å². The Bertz CT molecular complexity index is 147. The van der Waals surface area contributed by atoms with Crippen LogP contribution in [0.4, 0.5) is 0 Å². The second-order valence-electron chi connectivity index (χ2n) is 4.39. The van der Waals surface area contributed by atoms with Crippen LogP contribution in [-0.2, 0) is 0 Å². The molecule has 0 bridgehead atoms. The molecule has 13 heavy (non-hydrogen) atoms. The minimum atomic E-state index is 0. The minimum Gasteiger partial charge on any atom is -0.242 e. The van der Waals surface area contributed by atoms with Gasteiger partial charge >= 0.3 is 58.2 Å². The molecule has 0 saturated carbocycles. The maximum absolute atomic E-state index is 3.99. The van der Waals surface area contributed by atoms with Gasteiger partial charge in [-0.1, -0.05) is 52.4 Å². The van der Waals surface area contributed by atoms with Crippen molar-refractivity contribution in [2.24, 2.45) is 5.41 Å². The average Bonchev–Trinajstić information content (AvgIpc) is 1.99. The van der Waals surface area contributed by atoms with Gasteiger partial charge in [-0.15, -0.1) is 6.92 Å². The summed E-state index contributed by atoms with van der Waals surface area (Å²) in [6.07, 6.45) is 3.88. The van der Waals surface area contributed by atoms with E-state index in [0.29, 0.717) is 5.41 Å². The quantitative estimate of drug-likeness (QED) is 0.649. The van der Waals surface area contributed by atoms with Gasteiger partial charge in [-0.2, -0.15) is 0 Å². The fraction of sp³-hybridized carbons (Fsp3) is 0.750. The van der Waals surface area contributed by atoms with E-state index in [1.165, 1.54) is 30.8 Å². The van der Waals surface area contributed by atoms with Crippen LogP contribution in [-0.4, -0.2) is 0 Å². The molecular formula is C12H23Rb. The van der Waals surface area contributed by atoms with Gasteiger partial charge in [-0.25, -0.2) is 18.1 Å². The summed E-state index contributed by atoms with van der Waals surface area (Å²) in [6.45, 7) is 15.2. The summed E-state index contributed by atoms with van der Waals surface area (Å²) in [4.78, 5) is 0. The Balaban J connectivity index is 0. The molecule has 0 nitrogen and oxygen atoms in total. The van der Waals surface area contributed by atoms with E-state index in [2.05, 4.69) is 41.2 Å². The van der Waals surface area contributed by atoms with E-state index in [0.717, 1.165) is 0 Å². The molecule has 0 aliphatic rings. The van der Waals surface area contributed by atoms with Crippen LogP contribution in [0.3, 0.4) is 0 Å². The Hall–Kier alpha value is 1.42. The molecule has 0 spiro atoms. The molecule has 72 valence electrons. The number of hydrogen-bond donors (Lipinski definition) is 0. The van der Waals surface area contributed by atoms with E-state index in [1.807, 2.05) is 0 Å². The van der Waals surface area contributed by atoms with Crippen molar-refractivity contribution in [3.05, 3.63) is 18.1 Å². The van der Waals surface area contributed by atoms with E-state index in [-0.39, 0.29) is 58.2 Å². The molecule has 0 unspecified atom stereocenters. The Kier molecular flexibility index (Phi) is 9.94. The summed E-state index contributed by atoms with van der Waals surface area (Å²) in [7, 11) is 0. The summed E-state index contributed by atoms with van der Waals surface area (Å²) in [5.74, 6) is 1.45. The first-order valence-electron chi connectivity index (χ1n) is 4.91. The number of allylic oxidation sites excluding steroid dienone is 1. The zero-order chi connectivity index (χ0) is 9.78. The topological polar surface area (TPSA) is 0 Å². The van der Waals surface area contributed by atoms with Gasteiger partial charge in [-0.05, 0) is 0 Å². The molecule has 1 heteroatoms. The zero-order valence-electron chi connectivity index (χ0n) is 10.3. The molecule has 0 N–H and O–H groups in total. The summed E-state index contributed by atoms with van der Waals surface area (Å²) in [6, 6.07) is 0. The van der Waals surface area contributed by atoms with Gasteiger partial charge in [0.25, 0.3) is 0 Å². The van der Waals surface area contributed by atoms with Crippen molar-refractivity contribution in [1.29, 1.82) is 0 Å². The Labute approximate surface area is 133 Å². The molecule has 0 aliphatic carbocycles. The molecule has 0 aromatic carbocycles. The molecule has 0 atom stereocenters. The van der Waals surface area contributed by atoms with Gasteiger partial charge < -0.3 is 0 Å². The van der Waals surface area contributed by atoms with Crippen molar-refractivity contribution in [1.82, 2.24) is 0 Å². The molecule has 0 fully saturated rings. The van der Waals surface area contributed by atoms with E-state index in [1.54, 1.807) is 0 Å². The fourth-order valence-corrected chi connectivity index (χ4v) is 1.38. The van der Waals surface area contributed by atoms with Crippen molar-refractivity contribution in [3.8, 4) is 0 Å². The number of rotatable bonds is 5. The first-order valence-corrected chi connectivity index (χ1v) is 4.91. The minimum absolute atomic E-state index is 0. The summed E-state index contributed by atoms with van der Waals surface area (Å²) < 4.78 is 0. The van der Waals surface area contributed by atoms with Crippen LogP contribution in [0.25, 0.3) is 0 Å². The van der Waals surface area contributed by atoms with Crippen LogP contribution in [0.2, 0.25) is 0 Å². The van der Waals surface area contributed by atoms with Gasteiger partial charge in [0, 0.05) is 0 Å². The van der Waals surface area contributed by atoms with Gasteiger partial charge in [0.2, 0.25) is 0 Å². The van der Waals surface area contributed by atoms with Crippen LogP contribution < -0.4 is 58.2 Å². The normalized spacial score (nSPS) is 10.5. The fourth-order valence-electron chi connectivity index (χ4n) is 1.38. The third-order valence-corrected chi connectivity index (χ3v) is 2.81. The zero-order valence-corrected chi connectivity index (χ0v) is 15.2. The van der Waals surface area contributed by atoms with E-state index < -0.39 is 0 Å². The molecule has 0 amide bonds. The van der Waals surface area contributed by atoms with E-state index in [4.69, 9.17) is 0 Å². The molecule has 0 saturated heterocycles. The standard InChI is InChI=1S/C12H23.Rb/c1-7-8-9-12(5,6)11(4)10(2)3;/h2,7-9H2,1,3-6H3;/q-1;+1. The van der Waals surface area contributed by atoms with Crippen LogP contribution >= 0.6 is 0 Å². The molecule has 0 aromatic rings. The molecular weight excluding hydrogens is 230 g/mol. The second kappa shape index (κ2) is 7.67. The smallest absolute Gasteiger partial charge is 0.242 e. The third-order valence-electron chi connectivity index (χ3n) is 2.81. The maximum atomic E-state index is 3.99. The van der Waals surface area contributed by atoms with Crippen molar-refractivity contribution < 1.29 is 58.2 Å². The predicted molar refractivity (Wildman–Crippen MR) is 57.0 cm³/mol. The first kappa shape index (κ1) is 16.8. The van der Waals surface area contributed by atoms with Crippen LogP contribution in [0.1, 0.15) is 53.9 Å². The number of hydrogen-bond acceptors (Lipinski definition) is 0. The molecule has 0 aromatic heterocycles. The van der Waals surface area contributed by atoms with Crippen LogP contribution in [0.5, 0.6) is 0 Å². The molecule has 0 aliphatic heterocycles. The SMILES string of the molecule is C=C(C)[C-](C)C(C)(C)CCCC.[Rb+]. The Morgan fingerprint density at radius 1 is 1.38 bits per heavy atom. The summed E-state index contributed by atoms with van der Waals surface area (Å²) in [5.41, 5.74) is 1.58. The third kappa shape index (κ3) is 6.49. The summed E-state index contributed by atoms with van der Waals surface area (Å²) >= 11 is 0. The number of unbranched alkanes of at least 4 members (excludes halogenated alkanes) is 1. The summed E-state index contributed by atoms with van der Waals surface area (Å²) in [5, 5.41) is 0. The molecule has 0 rings (SSSR count). The van der Waals surface area contributed by atoms with Gasteiger partial charge in [0.05, 0.1) is 0 Å². The maximum Gasteiger partial charge on any atom is 1.00 e. The van der Waals surface area contributed by atoms with Crippen molar-refractivity contribution in [2.75, 3.05) is 0 Å². The molecule has 0 heterocycles.